The molecule has 8 heteroatoms. The summed E-state index contributed by atoms with van der Waals surface area (Å²) in [5.41, 5.74) is 0.399. The molecule has 1 saturated carbocycles. The summed E-state index contributed by atoms with van der Waals surface area (Å²) in [6, 6.07) is 8.99. The molecule has 1 unspecified atom stereocenters. The van der Waals surface area contributed by atoms with E-state index in [1.54, 1.807) is 42.6 Å². The van der Waals surface area contributed by atoms with Crippen molar-refractivity contribution in [2.75, 3.05) is 5.32 Å². The molecule has 3 rings (SSSR count). The molecular formula is C19H22N2O4S2. The fourth-order valence-electron chi connectivity index (χ4n) is 3.13. The van der Waals surface area contributed by atoms with Crippen LogP contribution in [-0.4, -0.2) is 31.5 Å². The zero-order chi connectivity index (χ0) is 19.4. The number of anilines is 1. The third-order valence-electron chi connectivity index (χ3n) is 4.66. The third kappa shape index (κ3) is 4.56. The van der Waals surface area contributed by atoms with Gasteiger partial charge in [0, 0.05) is 5.69 Å². The van der Waals surface area contributed by atoms with Crippen molar-refractivity contribution in [3.05, 3.63) is 46.7 Å². The quantitative estimate of drug-likeness (QED) is 0.770. The number of hydrogen-bond donors (Lipinski definition) is 2. The summed E-state index contributed by atoms with van der Waals surface area (Å²) in [7, 11) is -3.39. The lowest BCUT2D eigenvalue weighted by Gasteiger charge is -2.15. The van der Waals surface area contributed by atoms with Crippen LogP contribution in [0.25, 0.3) is 0 Å². The molecule has 1 aliphatic rings. The minimum Gasteiger partial charge on any atom is -0.340 e. The van der Waals surface area contributed by atoms with E-state index in [0.29, 0.717) is 23.4 Å². The number of nitrogens with one attached hydrogen (secondary N) is 2. The van der Waals surface area contributed by atoms with E-state index in [1.165, 1.54) is 17.4 Å². The summed E-state index contributed by atoms with van der Waals surface area (Å²) >= 11 is 1.29. The van der Waals surface area contributed by atoms with Gasteiger partial charge in [0.05, 0.1) is 15.0 Å². The van der Waals surface area contributed by atoms with Crippen LogP contribution in [0.1, 0.15) is 42.3 Å². The number of hydrogen-bond acceptors (Lipinski definition) is 5. The highest BCUT2D eigenvalue weighted by Gasteiger charge is 2.30. The first-order chi connectivity index (χ1) is 12.9. The third-order valence-corrected chi connectivity index (χ3v) is 7.79. The van der Waals surface area contributed by atoms with Gasteiger partial charge in [-0.25, -0.2) is 8.42 Å². The van der Waals surface area contributed by atoms with Gasteiger partial charge in [-0.2, -0.15) is 0 Å². The predicted octanol–water partition coefficient (Wildman–Crippen LogP) is 3.22. The Morgan fingerprint density at radius 3 is 2.56 bits per heavy atom. The van der Waals surface area contributed by atoms with Crippen LogP contribution >= 0.6 is 11.3 Å². The van der Waals surface area contributed by atoms with Crippen molar-refractivity contribution >= 4 is 38.7 Å². The normalized spacial score (nSPS) is 16.0. The monoisotopic (exact) mass is 406 g/mol. The molecule has 1 aromatic heterocycles. The molecule has 1 heterocycles. The van der Waals surface area contributed by atoms with Crippen LogP contribution < -0.4 is 10.6 Å². The summed E-state index contributed by atoms with van der Waals surface area (Å²) in [5.74, 6) is -0.722. The van der Waals surface area contributed by atoms with E-state index >= 15 is 0 Å². The van der Waals surface area contributed by atoms with Crippen molar-refractivity contribution in [1.29, 1.82) is 0 Å². The highest BCUT2D eigenvalue weighted by molar-refractivity contribution is 7.92. The summed E-state index contributed by atoms with van der Waals surface area (Å²) < 4.78 is 25.4. The molecule has 1 atom stereocenters. The zero-order valence-electron chi connectivity index (χ0n) is 15.0. The number of benzene rings is 1. The van der Waals surface area contributed by atoms with Crippen molar-refractivity contribution in [3.8, 4) is 0 Å². The van der Waals surface area contributed by atoms with Gasteiger partial charge in [0.1, 0.15) is 6.04 Å². The fourth-order valence-corrected chi connectivity index (χ4v) is 5.66. The first-order valence-corrected chi connectivity index (χ1v) is 11.3. The average molecular weight is 407 g/mol. The second-order valence-corrected chi connectivity index (χ2v) is 9.82. The van der Waals surface area contributed by atoms with E-state index in [1.807, 2.05) is 0 Å². The first kappa shape index (κ1) is 19.6. The Bertz CT molecular complexity index is 917. The van der Waals surface area contributed by atoms with Gasteiger partial charge in [0.15, 0.2) is 9.84 Å². The lowest BCUT2D eigenvalue weighted by atomic mass is 10.2. The summed E-state index contributed by atoms with van der Waals surface area (Å²) in [5, 5.41) is 6.76. The standard InChI is InChI=1S/C19H22N2O4S2/c1-13(20-19(23)17-10-5-11-26-17)18(22)21-14-6-4-9-16(12-14)27(24,25)15-7-2-3-8-15/h4-6,9-13,15H,2-3,7-8H2,1H3,(H,20,23)(H,21,22). The van der Waals surface area contributed by atoms with Crippen LogP contribution in [0, 0.1) is 0 Å². The molecule has 2 aromatic rings. The van der Waals surface area contributed by atoms with E-state index in [2.05, 4.69) is 10.6 Å². The van der Waals surface area contributed by atoms with Crippen molar-refractivity contribution < 1.29 is 18.0 Å². The van der Waals surface area contributed by atoms with Crippen molar-refractivity contribution in [2.45, 2.75) is 48.8 Å². The smallest absolute Gasteiger partial charge is 0.261 e. The Hall–Kier alpha value is -2.19. The highest BCUT2D eigenvalue weighted by Crippen LogP contribution is 2.30. The Kier molecular flexibility index (Phi) is 5.96. The minimum atomic E-state index is -3.39. The number of carbonyl (C=O) groups excluding carboxylic acids is 2. The van der Waals surface area contributed by atoms with Crippen molar-refractivity contribution in [3.63, 3.8) is 0 Å². The van der Waals surface area contributed by atoms with Crippen LogP contribution in [0.2, 0.25) is 0 Å². The van der Waals surface area contributed by atoms with Gasteiger partial charge in [0.25, 0.3) is 5.91 Å². The van der Waals surface area contributed by atoms with Crippen molar-refractivity contribution in [1.82, 2.24) is 5.32 Å². The second kappa shape index (κ2) is 8.22. The molecule has 0 spiro atoms. The fraction of sp³-hybridized carbons (Fsp3) is 0.368. The maximum absolute atomic E-state index is 12.7. The molecule has 1 fully saturated rings. The topological polar surface area (TPSA) is 92.3 Å². The van der Waals surface area contributed by atoms with Gasteiger partial charge in [-0.1, -0.05) is 25.0 Å². The molecule has 0 radical (unpaired) electrons. The molecule has 1 aromatic carbocycles. The lowest BCUT2D eigenvalue weighted by molar-refractivity contribution is -0.117. The van der Waals surface area contributed by atoms with Gasteiger partial charge in [-0.15, -0.1) is 11.3 Å². The lowest BCUT2D eigenvalue weighted by Crippen LogP contribution is -2.41. The summed E-state index contributed by atoms with van der Waals surface area (Å²) in [6.07, 6.45) is 3.24. The van der Waals surface area contributed by atoms with E-state index in [4.69, 9.17) is 0 Å². The van der Waals surface area contributed by atoms with Gasteiger partial charge in [-0.3, -0.25) is 9.59 Å². The van der Waals surface area contributed by atoms with E-state index < -0.39 is 21.8 Å². The molecule has 144 valence electrons. The Morgan fingerprint density at radius 2 is 1.89 bits per heavy atom. The van der Waals surface area contributed by atoms with E-state index in [9.17, 15) is 18.0 Å². The second-order valence-electron chi connectivity index (χ2n) is 6.64. The molecule has 2 amide bonds. The maximum Gasteiger partial charge on any atom is 0.261 e. The SMILES string of the molecule is CC(NC(=O)c1cccs1)C(=O)Nc1cccc(S(=O)(=O)C2CCCC2)c1. The molecule has 6 nitrogen and oxygen atoms in total. The van der Waals surface area contributed by atoms with Crippen LogP contribution in [0.5, 0.6) is 0 Å². The predicted molar refractivity (Wildman–Crippen MR) is 106 cm³/mol. The van der Waals surface area contributed by atoms with Crippen LogP contribution in [0.3, 0.4) is 0 Å². The van der Waals surface area contributed by atoms with Gasteiger partial charge < -0.3 is 10.6 Å². The van der Waals surface area contributed by atoms with Gasteiger partial charge >= 0.3 is 0 Å². The van der Waals surface area contributed by atoms with Crippen LogP contribution in [0.4, 0.5) is 5.69 Å². The van der Waals surface area contributed by atoms with Crippen LogP contribution in [0.15, 0.2) is 46.7 Å². The maximum atomic E-state index is 12.7. The molecule has 0 bridgehead atoms. The highest BCUT2D eigenvalue weighted by atomic mass is 32.2. The Labute approximate surface area is 162 Å². The molecule has 27 heavy (non-hydrogen) atoms. The van der Waals surface area contributed by atoms with Crippen molar-refractivity contribution in [2.24, 2.45) is 0 Å². The molecule has 0 saturated heterocycles. The molecule has 2 N–H and O–H groups in total. The molecule has 1 aliphatic carbocycles. The Balaban J connectivity index is 1.66. The van der Waals surface area contributed by atoms with Crippen LogP contribution in [-0.2, 0) is 14.6 Å². The summed E-state index contributed by atoms with van der Waals surface area (Å²) in [4.78, 5) is 25.2. The van der Waals surface area contributed by atoms with E-state index in [0.717, 1.165) is 12.8 Å². The zero-order valence-corrected chi connectivity index (χ0v) is 16.6. The number of amides is 2. The first-order valence-electron chi connectivity index (χ1n) is 8.87. The summed E-state index contributed by atoms with van der Waals surface area (Å²) in [6.45, 7) is 1.58. The van der Waals surface area contributed by atoms with E-state index in [-0.39, 0.29) is 16.1 Å². The largest absolute Gasteiger partial charge is 0.340 e. The molecule has 0 aliphatic heterocycles. The number of carbonyl (C=O) groups is 2. The minimum absolute atomic E-state index is 0.225. The average Bonchev–Trinajstić information content (AvgIpc) is 3.35. The number of sulfone groups is 1. The van der Waals surface area contributed by atoms with Gasteiger partial charge in [0.2, 0.25) is 5.91 Å². The Morgan fingerprint density at radius 1 is 1.15 bits per heavy atom. The van der Waals surface area contributed by atoms with Gasteiger partial charge in [-0.05, 0) is 49.4 Å². The molecular weight excluding hydrogens is 384 g/mol. The number of rotatable bonds is 6. The number of thiophene rings is 1.